The lowest BCUT2D eigenvalue weighted by molar-refractivity contribution is -0.383. The maximum absolute atomic E-state index is 11.0. The minimum absolute atomic E-state index is 0.0687. The maximum Gasteiger partial charge on any atom is 0.292 e. The molecule has 1 aromatic heterocycles. The minimum atomic E-state index is -0.389. The number of nitrogens with one attached hydrogen (secondary N) is 1. The molecule has 6 nitrogen and oxygen atoms in total. The molecule has 0 saturated heterocycles. The molecule has 0 spiro atoms. The van der Waals surface area contributed by atoms with Gasteiger partial charge in [-0.15, -0.1) is 0 Å². The van der Waals surface area contributed by atoms with Crippen molar-refractivity contribution in [3.05, 3.63) is 46.3 Å². The maximum atomic E-state index is 11.0. The Morgan fingerprint density at radius 3 is 2.89 bits per heavy atom. The molecule has 6 heteroatoms. The van der Waals surface area contributed by atoms with Crippen molar-refractivity contribution in [2.24, 2.45) is 0 Å². The number of nitrogens with zero attached hydrogens (tertiary/aromatic N) is 3. The van der Waals surface area contributed by atoms with Gasteiger partial charge in [0, 0.05) is 18.8 Å². The average Bonchev–Trinajstić information content (AvgIpc) is 2.79. The molecule has 0 radical (unpaired) electrons. The van der Waals surface area contributed by atoms with E-state index in [1.54, 1.807) is 16.9 Å². The van der Waals surface area contributed by atoms with Crippen molar-refractivity contribution in [1.29, 1.82) is 0 Å². The number of anilines is 2. The number of aryl methyl sites for hydroxylation is 2. The van der Waals surface area contributed by atoms with Gasteiger partial charge in [0.05, 0.1) is 16.8 Å². The molecule has 0 fully saturated rings. The summed E-state index contributed by atoms with van der Waals surface area (Å²) in [5, 5.41) is 18.1. The van der Waals surface area contributed by atoms with Crippen LogP contribution in [0.4, 0.5) is 17.1 Å². The van der Waals surface area contributed by atoms with E-state index < -0.39 is 0 Å². The zero-order chi connectivity index (χ0) is 13.1. The first-order valence-electron chi connectivity index (χ1n) is 5.65. The van der Waals surface area contributed by atoms with E-state index in [2.05, 4.69) is 10.4 Å². The third kappa shape index (κ3) is 2.32. The van der Waals surface area contributed by atoms with Crippen LogP contribution in [0, 0.1) is 17.0 Å². The van der Waals surface area contributed by atoms with Gasteiger partial charge in [0.2, 0.25) is 0 Å². The van der Waals surface area contributed by atoms with Gasteiger partial charge in [0.25, 0.3) is 5.69 Å². The van der Waals surface area contributed by atoms with E-state index >= 15 is 0 Å². The number of nitro groups is 1. The molecule has 0 saturated carbocycles. The molecule has 2 rings (SSSR count). The Morgan fingerprint density at radius 1 is 1.50 bits per heavy atom. The SMILES string of the molecule is CCn1cc(Nc2c(C)cccc2[N+](=O)[O-])cn1. The molecule has 0 aliphatic heterocycles. The second kappa shape index (κ2) is 4.87. The summed E-state index contributed by atoms with van der Waals surface area (Å²) in [5.74, 6) is 0. The number of nitro benzene ring substituents is 1. The highest BCUT2D eigenvalue weighted by molar-refractivity contribution is 5.72. The van der Waals surface area contributed by atoms with Gasteiger partial charge >= 0.3 is 0 Å². The van der Waals surface area contributed by atoms with Crippen LogP contribution in [0.3, 0.4) is 0 Å². The summed E-state index contributed by atoms with van der Waals surface area (Å²) in [6.45, 7) is 4.57. The monoisotopic (exact) mass is 246 g/mol. The number of aromatic nitrogens is 2. The Kier molecular flexibility index (Phi) is 3.27. The normalized spacial score (nSPS) is 10.3. The summed E-state index contributed by atoms with van der Waals surface area (Å²) in [6.07, 6.45) is 3.47. The van der Waals surface area contributed by atoms with Gasteiger partial charge in [-0.3, -0.25) is 14.8 Å². The predicted molar refractivity (Wildman–Crippen MR) is 69.0 cm³/mol. The number of hydrogen-bond acceptors (Lipinski definition) is 4. The fraction of sp³-hybridized carbons (Fsp3) is 0.250. The van der Waals surface area contributed by atoms with Crippen LogP contribution < -0.4 is 5.32 Å². The third-order valence-corrected chi connectivity index (χ3v) is 2.67. The van der Waals surface area contributed by atoms with Crippen LogP contribution in [0.2, 0.25) is 0 Å². The van der Waals surface area contributed by atoms with Crippen molar-refractivity contribution in [3.63, 3.8) is 0 Å². The zero-order valence-electron chi connectivity index (χ0n) is 10.3. The average molecular weight is 246 g/mol. The standard InChI is InChI=1S/C12H14N4O2/c1-3-15-8-10(7-13-15)14-12-9(2)5-4-6-11(12)16(17)18/h4-8,14H,3H2,1-2H3. The number of para-hydroxylation sites is 1. The molecule has 1 heterocycles. The topological polar surface area (TPSA) is 73.0 Å². The van der Waals surface area contributed by atoms with E-state index in [0.29, 0.717) is 5.69 Å². The molecule has 0 unspecified atom stereocenters. The minimum Gasteiger partial charge on any atom is -0.347 e. The first-order chi connectivity index (χ1) is 8.61. The highest BCUT2D eigenvalue weighted by atomic mass is 16.6. The molecule has 0 aliphatic rings. The largest absolute Gasteiger partial charge is 0.347 e. The van der Waals surface area contributed by atoms with Crippen molar-refractivity contribution in [1.82, 2.24) is 9.78 Å². The lowest BCUT2D eigenvalue weighted by atomic mass is 10.1. The zero-order valence-corrected chi connectivity index (χ0v) is 10.3. The van der Waals surface area contributed by atoms with Gasteiger partial charge in [-0.25, -0.2) is 0 Å². The lowest BCUT2D eigenvalue weighted by Gasteiger charge is -2.07. The number of benzene rings is 1. The van der Waals surface area contributed by atoms with Gasteiger partial charge in [0.1, 0.15) is 5.69 Å². The van der Waals surface area contributed by atoms with Crippen LogP contribution in [0.25, 0.3) is 0 Å². The molecular weight excluding hydrogens is 232 g/mol. The van der Waals surface area contributed by atoms with Gasteiger partial charge in [-0.2, -0.15) is 5.10 Å². The van der Waals surface area contributed by atoms with Gasteiger partial charge in [-0.1, -0.05) is 12.1 Å². The highest BCUT2D eigenvalue weighted by Crippen LogP contribution is 2.30. The molecule has 0 aliphatic carbocycles. The lowest BCUT2D eigenvalue weighted by Crippen LogP contribution is -1.98. The fourth-order valence-corrected chi connectivity index (χ4v) is 1.71. The molecule has 18 heavy (non-hydrogen) atoms. The molecule has 0 amide bonds. The Bertz CT molecular complexity index is 577. The number of hydrogen-bond donors (Lipinski definition) is 1. The highest BCUT2D eigenvalue weighted by Gasteiger charge is 2.15. The van der Waals surface area contributed by atoms with Crippen molar-refractivity contribution in [2.45, 2.75) is 20.4 Å². The molecule has 0 bridgehead atoms. The summed E-state index contributed by atoms with van der Waals surface area (Å²) in [4.78, 5) is 10.6. The summed E-state index contributed by atoms with van der Waals surface area (Å²) in [6, 6.07) is 4.99. The van der Waals surface area contributed by atoms with Gasteiger partial charge < -0.3 is 5.32 Å². The quantitative estimate of drug-likeness (QED) is 0.665. The van der Waals surface area contributed by atoms with Crippen molar-refractivity contribution < 1.29 is 4.92 Å². The third-order valence-electron chi connectivity index (χ3n) is 2.67. The first kappa shape index (κ1) is 12.1. The Morgan fingerprint density at radius 2 is 2.28 bits per heavy atom. The van der Waals surface area contributed by atoms with E-state index in [0.717, 1.165) is 17.8 Å². The second-order valence-corrected chi connectivity index (χ2v) is 3.94. The van der Waals surface area contributed by atoms with Crippen molar-refractivity contribution in [2.75, 3.05) is 5.32 Å². The smallest absolute Gasteiger partial charge is 0.292 e. The van der Waals surface area contributed by atoms with Crippen LogP contribution >= 0.6 is 0 Å². The Hall–Kier alpha value is -2.37. The predicted octanol–water partition coefficient (Wildman–Crippen LogP) is 2.86. The van der Waals surface area contributed by atoms with E-state index in [1.807, 2.05) is 26.1 Å². The molecule has 1 aromatic carbocycles. The molecule has 1 N–H and O–H groups in total. The van der Waals surface area contributed by atoms with E-state index in [9.17, 15) is 10.1 Å². The van der Waals surface area contributed by atoms with Crippen molar-refractivity contribution >= 4 is 17.1 Å². The van der Waals surface area contributed by atoms with Crippen LogP contribution in [-0.4, -0.2) is 14.7 Å². The fourth-order valence-electron chi connectivity index (χ4n) is 1.71. The van der Waals surface area contributed by atoms with E-state index in [4.69, 9.17) is 0 Å². The summed E-state index contributed by atoms with van der Waals surface area (Å²) in [7, 11) is 0. The molecule has 0 atom stereocenters. The second-order valence-electron chi connectivity index (χ2n) is 3.94. The van der Waals surface area contributed by atoms with Crippen LogP contribution in [0.15, 0.2) is 30.6 Å². The van der Waals surface area contributed by atoms with Crippen LogP contribution in [0.1, 0.15) is 12.5 Å². The molecular formula is C12H14N4O2. The number of rotatable bonds is 4. The van der Waals surface area contributed by atoms with Crippen LogP contribution in [0.5, 0.6) is 0 Å². The summed E-state index contributed by atoms with van der Waals surface area (Å²) >= 11 is 0. The van der Waals surface area contributed by atoms with Crippen LogP contribution in [-0.2, 0) is 6.54 Å². The van der Waals surface area contributed by atoms with E-state index in [-0.39, 0.29) is 10.6 Å². The van der Waals surface area contributed by atoms with Crippen molar-refractivity contribution in [3.8, 4) is 0 Å². The van der Waals surface area contributed by atoms with Gasteiger partial charge in [-0.05, 0) is 19.4 Å². The summed E-state index contributed by atoms with van der Waals surface area (Å²) < 4.78 is 1.76. The summed E-state index contributed by atoms with van der Waals surface area (Å²) in [5.41, 5.74) is 2.15. The molecule has 2 aromatic rings. The first-order valence-corrected chi connectivity index (χ1v) is 5.65. The van der Waals surface area contributed by atoms with Gasteiger partial charge in [0.15, 0.2) is 0 Å². The molecule has 94 valence electrons. The van der Waals surface area contributed by atoms with E-state index in [1.165, 1.54) is 6.07 Å². The Balaban J connectivity index is 2.36. The Labute approximate surface area is 104 Å².